The van der Waals surface area contributed by atoms with Crippen molar-refractivity contribution in [3.8, 4) is 0 Å². The van der Waals surface area contributed by atoms with E-state index in [2.05, 4.69) is 13.6 Å². The fourth-order valence-electron chi connectivity index (χ4n) is 0.911. The van der Waals surface area contributed by atoms with E-state index in [4.69, 9.17) is 0 Å². The average Bonchev–Trinajstić information content (AvgIpc) is 2.51. The summed E-state index contributed by atoms with van der Waals surface area (Å²) in [6.45, 7) is -10.5. The Morgan fingerprint density at radius 1 is 0.483 bits per heavy atom. The van der Waals surface area contributed by atoms with Gasteiger partial charge in [0.15, 0.2) is 20.0 Å². The first-order valence-electron chi connectivity index (χ1n) is 6.22. The summed E-state index contributed by atoms with van der Waals surface area (Å²) in [5.74, 6) is -18.7. The maximum atomic E-state index is 13.0. The van der Waals surface area contributed by atoms with Gasteiger partial charge in [0.25, 0.3) is 0 Å². The smallest absolute Gasteiger partial charge is 0.244 e. The molecule has 176 valence electrons. The van der Waals surface area contributed by atoms with Gasteiger partial charge in [-0.2, -0.15) is 52.7 Å². The molecular formula is C9H6F15O4P. The van der Waals surface area contributed by atoms with E-state index in [0.717, 1.165) is 0 Å². The van der Waals surface area contributed by atoms with Crippen molar-refractivity contribution in [1.29, 1.82) is 0 Å². The first-order chi connectivity index (χ1) is 12.6. The maximum Gasteiger partial charge on any atom is 0.489 e. The summed E-state index contributed by atoms with van der Waals surface area (Å²) in [5, 5.41) is 0. The van der Waals surface area contributed by atoms with Crippen molar-refractivity contribution in [2.75, 3.05) is 20.0 Å². The molecule has 0 aliphatic rings. The molecule has 0 aromatic carbocycles. The Morgan fingerprint density at radius 3 is 0.793 bits per heavy atom. The van der Waals surface area contributed by atoms with Crippen molar-refractivity contribution in [2.45, 2.75) is 36.1 Å². The summed E-state index contributed by atoms with van der Waals surface area (Å²) >= 11 is 0. The summed E-state index contributed by atoms with van der Waals surface area (Å²) in [7, 11) is -8.10. The first kappa shape index (κ1) is 28.1. The van der Waals surface area contributed by atoms with Crippen molar-refractivity contribution in [1.82, 2.24) is 0 Å². The largest absolute Gasteiger partial charge is 0.489 e. The number of rotatable bonds is 12. The minimum absolute atomic E-state index is 2.15. The first-order valence-corrected chi connectivity index (χ1v) is 7.68. The molecule has 0 saturated carbocycles. The van der Waals surface area contributed by atoms with Gasteiger partial charge in [-0.25, -0.2) is 31.3 Å². The summed E-state index contributed by atoms with van der Waals surface area (Å²) in [5.41, 5.74) is 0. The Hall–Kier alpha value is -0.940. The molecular weight excluding hydrogens is 488 g/mol. The van der Waals surface area contributed by atoms with Gasteiger partial charge in [-0.1, -0.05) is 0 Å². The maximum absolute atomic E-state index is 13.0. The summed E-state index contributed by atoms with van der Waals surface area (Å²) in [4.78, 5) is 0. The van der Waals surface area contributed by atoms with Gasteiger partial charge in [0.1, 0.15) is 0 Å². The van der Waals surface area contributed by atoms with Crippen LogP contribution in [0.1, 0.15) is 0 Å². The van der Waals surface area contributed by atoms with Crippen molar-refractivity contribution in [3.05, 3.63) is 0 Å². The predicted octanol–water partition coefficient (Wildman–Crippen LogP) is 5.74. The Kier molecular flexibility index (Phi) is 8.03. The van der Waals surface area contributed by atoms with Crippen LogP contribution in [0.2, 0.25) is 0 Å². The molecule has 0 radical (unpaired) electrons. The Bertz CT molecular complexity index is 528. The molecule has 0 rings (SSSR count). The Labute approximate surface area is 149 Å². The van der Waals surface area contributed by atoms with E-state index in [0.29, 0.717) is 0 Å². The minimum Gasteiger partial charge on any atom is -0.244 e. The highest BCUT2D eigenvalue weighted by Gasteiger charge is 2.71. The molecule has 0 aliphatic carbocycles. The van der Waals surface area contributed by atoms with Gasteiger partial charge in [0.05, 0.1) is 0 Å². The third kappa shape index (κ3) is 6.04. The van der Waals surface area contributed by atoms with Crippen LogP contribution < -0.4 is 0 Å². The molecule has 20 heteroatoms. The van der Waals surface area contributed by atoms with Gasteiger partial charge in [-0.05, 0) is 0 Å². The van der Waals surface area contributed by atoms with Crippen LogP contribution >= 0.6 is 7.82 Å². The number of alkyl halides is 15. The highest BCUT2D eigenvalue weighted by molar-refractivity contribution is 7.48. The molecule has 0 amide bonds. The molecule has 29 heavy (non-hydrogen) atoms. The van der Waals surface area contributed by atoms with Gasteiger partial charge < -0.3 is 0 Å². The lowest BCUT2D eigenvalue weighted by Crippen LogP contribution is -2.49. The number of hydrogen-bond acceptors (Lipinski definition) is 4. The molecule has 0 saturated heterocycles. The van der Waals surface area contributed by atoms with E-state index >= 15 is 0 Å². The molecule has 0 fully saturated rings. The van der Waals surface area contributed by atoms with Crippen LogP contribution in [-0.4, -0.2) is 56.1 Å². The van der Waals surface area contributed by atoms with Crippen LogP contribution in [0.4, 0.5) is 65.9 Å². The topological polar surface area (TPSA) is 44.8 Å². The van der Waals surface area contributed by atoms with Crippen LogP contribution in [0, 0.1) is 0 Å². The number of phosphoric acid groups is 1. The molecule has 0 aromatic heterocycles. The van der Waals surface area contributed by atoms with Crippen molar-refractivity contribution in [3.63, 3.8) is 0 Å². The van der Waals surface area contributed by atoms with Crippen LogP contribution in [0.5, 0.6) is 0 Å². The van der Waals surface area contributed by atoms with Gasteiger partial charge in [-0.3, -0.25) is 0 Å². The van der Waals surface area contributed by atoms with Gasteiger partial charge in [0, 0.05) is 0 Å². The normalized spacial score (nSPS) is 15.7. The number of halogens is 15. The zero-order chi connectivity index (χ0) is 23.7. The minimum atomic E-state index is -8.10. The molecule has 0 atom stereocenters. The second kappa shape index (κ2) is 8.30. The van der Waals surface area contributed by atoms with Gasteiger partial charge >= 0.3 is 43.9 Å². The van der Waals surface area contributed by atoms with Crippen molar-refractivity contribution >= 4 is 7.82 Å². The predicted molar refractivity (Wildman–Crippen MR) is 58.5 cm³/mol. The third-order valence-electron chi connectivity index (χ3n) is 2.46. The second-order valence-corrected chi connectivity index (χ2v) is 6.23. The molecule has 0 N–H and O–H groups in total. The number of phosphoric ester groups is 1. The lowest BCUT2D eigenvalue weighted by Gasteiger charge is -2.33. The van der Waals surface area contributed by atoms with E-state index in [9.17, 15) is 70.4 Å². The van der Waals surface area contributed by atoms with E-state index in [-0.39, 0.29) is 0 Å². The third-order valence-corrected chi connectivity index (χ3v) is 3.82. The highest BCUT2D eigenvalue weighted by atomic mass is 31.2. The molecule has 0 aliphatic heterocycles. The molecule has 0 bridgehead atoms. The molecule has 0 heterocycles. The second-order valence-electron chi connectivity index (χ2n) is 4.79. The van der Waals surface area contributed by atoms with Gasteiger partial charge in [-0.15, -0.1) is 0 Å². The summed E-state index contributed by atoms with van der Waals surface area (Å²) in [6, 6.07) is 0. The lowest BCUT2D eigenvalue weighted by atomic mass is 10.3. The Morgan fingerprint density at radius 2 is 0.655 bits per heavy atom. The van der Waals surface area contributed by atoms with Crippen molar-refractivity contribution in [2.24, 2.45) is 0 Å². The average molecular weight is 494 g/mol. The zero-order valence-electron chi connectivity index (χ0n) is 12.9. The van der Waals surface area contributed by atoms with Gasteiger partial charge in [0.2, 0.25) is 0 Å². The standard InChI is InChI=1S/C9H6F15O4P/c10-1-4(13,14)7(19,20)26-29(25,27-8(21,22)5(15,16)2-11)28-9(23,24)6(17,18)3-12/h1-3H2. The molecule has 4 nitrogen and oxygen atoms in total. The quantitative estimate of drug-likeness (QED) is 0.257. The molecule has 0 spiro atoms. The zero-order valence-corrected chi connectivity index (χ0v) is 13.8. The van der Waals surface area contributed by atoms with Crippen LogP contribution in [0.3, 0.4) is 0 Å². The summed E-state index contributed by atoms with van der Waals surface area (Å²) < 4.78 is 208. The van der Waals surface area contributed by atoms with E-state index < -0.39 is 63.9 Å². The van der Waals surface area contributed by atoms with Crippen LogP contribution in [-0.2, 0) is 18.1 Å². The monoisotopic (exact) mass is 494 g/mol. The van der Waals surface area contributed by atoms with Crippen molar-refractivity contribution < 1.29 is 84.0 Å². The SMILES string of the molecule is O=P(OC(F)(F)C(F)(F)CF)(OC(F)(F)C(F)(F)CF)OC(F)(F)C(F)(F)CF. The fourth-order valence-corrected chi connectivity index (χ4v) is 2.27. The van der Waals surface area contributed by atoms with Crippen LogP contribution in [0.25, 0.3) is 0 Å². The van der Waals surface area contributed by atoms with E-state index in [1.54, 1.807) is 0 Å². The van der Waals surface area contributed by atoms with E-state index in [1.807, 2.05) is 0 Å². The van der Waals surface area contributed by atoms with Crippen LogP contribution in [0.15, 0.2) is 0 Å². The molecule has 0 unspecified atom stereocenters. The number of hydrogen-bond donors (Lipinski definition) is 0. The van der Waals surface area contributed by atoms with E-state index in [1.165, 1.54) is 0 Å². The summed E-state index contributed by atoms with van der Waals surface area (Å²) in [6.07, 6.45) is -20.3. The molecule has 0 aromatic rings. The highest BCUT2D eigenvalue weighted by Crippen LogP contribution is 2.64. The Balaban J connectivity index is 6.31. The lowest BCUT2D eigenvalue weighted by molar-refractivity contribution is -0.364. The fraction of sp³-hybridized carbons (Fsp3) is 1.00.